The van der Waals surface area contributed by atoms with Crippen LogP contribution in [0.25, 0.3) is 0 Å². The number of halogens is 1. The van der Waals surface area contributed by atoms with Crippen molar-refractivity contribution in [1.29, 1.82) is 0 Å². The lowest BCUT2D eigenvalue weighted by molar-refractivity contribution is 0.352. The molecule has 0 radical (unpaired) electrons. The summed E-state index contributed by atoms with van der Waals surface area (Å²) in [4.78, 5) is 0. The molecule has 0 fully saturated rings. The first kappa shape index (κ1) is 17.5. The van der Waals surface area contributed by atoms with Crippen LogP contribution in [-0.2, 0) is 17.3 Å². The van der Waals surface area contributed by atoms with Crippen LogP contribution in [0.15, 0.2) is 16.6 Å². The van der Waals surface area contributed by atoms with Crippen molar-refractivity contribution in [3.63, 3.8) is 0 Å². The molecular weight excluding hydrogens is 342 g/mol. The van der Waals surface area contributed by atoms with E-state index in [1.54, 1.807) is 20.5 Å². The summed E-state index contributed by atoms with van der Waals surface area (Å²) in [5.74, 6) is 2.13. The molecular formula is C14H22BrNO3S. The van der Waals surface area contributed by atoms with Gasteiger partial charge in [0, 0.05) is 35.4 Å². The van der Waals surface area contributed by atoms with E-state index in [1.165, 1.54) is 0 Å². The molecule has 0 aliphatic rings. The first-order valence-corrected chi connectivity index (χ1v) is 8.93. The Labute approximate surface area is 131 Å². The van der Waals surface area contributed by atoms with Gasteiger partial charge >= 0.3 is 0 Å². The van der Waals surface area contributed by atoms with Crippen molar-refractivity contribution in [2.75, 3.05) is 26.2 Å². The number of rotatable bonds is 8. The van der Waals surface area contributed by atoms with Gasteiger partial charge in [0.1, 0.15) is 0 Å². The highest BCUT2D eigenvalue weighted by Crippen LogP contribution is 2.36. The van der Waals surface area contributed by atoms with E-state index in [0.717, 1.165) is 28.8 Å². The average molecular weight is 364 g/mol. The Balaban J connectivity index is 2.64. The van der Waals surface area contributed by atoms with Gasteiger partial charge in [0.15, 0.2) is 11.5 Å². The molecule has 1 rings (SSSR count). The number of hydrogen-bond acceptors (Lipinski definition) is 4. The van der Waals surface area contributed by atoms with Crippen molar-refractivity contribution < 1.29 is 13.7 Å². The van der Waals surface area contributed by atoms with Gasteiger partial charge in [-0.25, -0.2) is 0 Å². The highest BCUT2D eigenvalue weighted by Gasteiger charge is 2.11. The minimum atomic E-state index is -0.731. The Morgan fingerprint density at radius 3 is 2.60 bits per heavy atom. The molecule has 1 N–H and O–H groups in total. The number of nitrogens with one attached hydrogen (secondary N) is 1. The van der Waals surface area contributed by atoms with Crippen LogP contribution in [0.2, 0.25) is 0 Å². The van der Waals surface area contributed by atoms with E-state index in [2.05, 4.69) is 28.2 Å². The first-order chi connectivity index (χ1) is 9.47. The highest BCUT2D eigenvalue weighted by atomic mass is 79.9. The predicted octanol–water partition coefficient (Wildman–Crippen LogP) is 2.71. The van der Waals surface area contributed by atoms with E-state index in [4.69, 9.17) is 9.47 Å². The molecule has 0 spiro atoms. The lowest BCUT2D eigenvalue weighted by Crippen LogP contribution is -2.27. The van der Waals surface area contributed by atoms with Gasteiger partial charge in [-0.1, -0.05) is 0 Å². The Bertz CT molecular complexity index is 468. The molecule has 0 heterocycles. The van der Waals surface area contributed by atoms with Crippen LogP contribution in [-0.4, -0.2) is 36.5 Å². The van der Waals surface area contributed by atoms with Crippen LogP contribution in [0.1, 0.15) is 18.9 Å². The molecule has 4 nitrogen and oxygen atoms in total. The molecule has 1 aromatic rings. The smallest absolute Gasteiger partial charge is 0.174 e. The molecule has 0 amide bonds. The minimum Gasteiger partial charge on any atom is -0.493 e. The van der Waals surface area contributed by atoms with Gasteiger partial charge in [-0.05, 0) is 47.0 Å². The number of methoxy groups -OCH3 is 2. The molecule has 0 aromatic heterocycles. The second-order valence-corrected chi connectivity index (χ2v) is 7.07. The fourth-order valence-corrected chi connectivity index (χ4v) is 3.15. The summed E-state index contributed by atoms with van der Waals surface area (Å²) in [6, 6.07) is 4.30. The lowest BCUT2D eigenvalue weighted by atomic mass is 10.1. The summed E-state index contributed by atoms with van der Waals surface area (Å²) in [5, 5.41) is 3.42. The number of ether oxygens (including phenoxy) is 2. The van der Waals surface area contributed by atoms with Crippen LogP contribution >= 0.6 is 15.9 Å². The van der Waals surface area contributed by atoms with Gasteiger partial charge < -0.3 is 14.8 Å². The van der Waals surface area contributed by atoms with Crippen molar-refractivity contribution in [1.82, 2.24) is 5.32 Å². The molecule has 0 saturated heterocycles. The zero-order valence-corrected chi connectivity index (χ0v) is 14.8. The maximum absolute atomic E-state index is 11.1. The van der Waals surface area contributed by atoms with Crippen molar-refractivity contribution in [3.8, 4) is 11.5 Å². The Kier molecular flexibility index (Phi) is 7.55. The summed E-state index contributed by atoms with van der Waals surface area (Å²) < 4.78 is 22.5. The van der Waals surface area contributed by atoms with Crippen LogP contribution in [0.5, 0.6) is 11.5 Å². The normalized spacial score (nSPS) is 13.8. The van der Waals surface area contributed by atoms with Crippen LogP contribution in [0, 0.1) is 0 Å². The molecule has 1 aromatic carbocycles. The summed E-state index contributed by atoms with van der Waals surface area (Å²) in [6.07, 6.45) is 2.63. The van der Waals surface area contributed by atoms with Crippen molar-refractivity contribution in [2.24, 2.45) is 0 Å². The third-order valence-electron chi connectivity index (χ3n) is 2.99. The van der Waals surface area contributed by atoms with Crippen LogP contribution < -0.4 is 14.8 Å². The van der Waals surface area contributed by atoms with Crippen molar-refractivity contribution >= 4 is 26.7 Å². The molecule has 6 heteroatoms. The fourth-order valence-electron chi connectivity index (χ4n) is 1.81. The fraction of sp³-hybridized carbons (Fsp3) is 0.571. The van der Waals surface area contributed by atoms with E-state index in [-0.39, 0.29) is 0 Å². The molecule has 0 aliphatic heterocycles. The van der Waals surface area contributed by atoms with Crippen LogP contribution in [0.4, 0.5) is 0 Å². The standard InChI is InChI=1S/C14H22BrNO3S/c1-10(5-6-20(4)17)16-9-11-7-12(15)14(19-3)13(8-11)18-2/h7-8,10,16H,5-6,9H2,1-4H3. The number of benzene rings is 1. The first-order valence-electron chi connectivity index (χ1n) is 6.41. The molecule has 2 atom stereocenters. The van der Waals surface area contributed by atoms with E-state index in [1.807, 2.05) is 12.1 Å². The monoisotopic (exact) mass is 363 g/mol. The molecule has 0 aliphatic carbocycles. The maximum Gasteiger partial charge on any atom is 0.174 e. The van der Waals surface area contributed by atoms with Crippen molar-refractivity contribution in [2.45, 2.75) is 25.9 Å². The van der Waals surface area contributed by atoms with Gasteiger partial charge in [0.25, 0.3) is 0 Å². The second kappa shape index (κ2) is 8.64. The van der Waals surface area contributed by atoms with Gasteiger partial charge in [-0.2, -0.15) is 0 Å². The molecule has 2 unspecified atom stereocenters. The van der Waals surface area contributed by atoms with Gasteiger partial charge in [0.2, 0.25) is 0 Å². The van der Waals surface area contributed by atoms with E-state index in [9.17, 15) is 4.21 Å². The largest absolute Gasteiger partial charge is 0.493 e. The second-order valence-electron chi connectivity index (χ2n) is 4.66. The molecule has 0 bridgehead atoms. The van der Waals surface area contributed by atoms with Gasteiger partial charge in [-0.15, -0.1) is 0 Å². The lowest BCUT2D eigenvalue weighted by Gasteiger charge is -2.15. The van der Waals surface area contributed by atoms with E-state index in [0.29, 0.717) is 17.5 Å². The van der Waals surface area contributed by atoms with Gasteiger partial charge in [0.05, 0.1) is 18.7 Å². The maximum atomic E-state index is 11.1. The molecule has 0 saturated carbocycles. The third kappa shape index (κ3) is 5.42. The minimum absolute atomic E-state index is 0.325. The Morgan fingerprint density at radius 2 is 2.05 bits per heavy atom. The predicted molar refractivity (Wildman–Crippen MR) is 87.1 cm³/mol. The third-order valence-corrected chi connectivity index (χ3v) is 4.39. The summed E-state index contributed by atoms with van der Waals surface area (Å²) >= 11 is 3.48. The SMILES string of the molecule is COc1cc(CNC(C)CCS(C)=O)cc(Br)c1OC. The molecule has 20 heavy (non-hydrogen) atoms. The zero-order chi connectivity index (χ0) is 15.1. The topological polar surface area (TPSA) is 47.6 Å². The van der Waals surface area contributed by atoms with E-state index >= 15 is 0 Å². The Hall–Kier alpha value is -0.590. The average Bonchev–Trinajstić information content (AvgIpc) is 2.42. The number of hydrogen-bond donors (Lipinski definition) is 1. The van der Waals surface area contributed by atoms with E-state index < -0.39 is 10.8 Å². The zero-order valence-electron chi connectivity index (χ0n) is 12.4. The summed E-state index contributed by atoms with van der Waals surface area (Å²) in [5.41, 5.74) is 1.11. The highest BCUT2D eigenvalue weighted by molar-refractivity contribution is 9.10. The molecule has 114 valence electrons. The van der Waals surface area contributed by atoms with Crippen molar-refractivity contribution in [3.05, 3.63) is 22.2 Å². The van der Waals surface area contributed by atoms with Crippen LogP contribution in [0.3, 0.4) is 0 Å². The van der Waals surface area contributed by atoms with Gasteiger partial charge in [-0.3, -0.25) is 4.21 Å². The summed E-state index contributed by atoms with van der Waals surface area (Å²) in [7, 11) is 2.51. The Morgan fingerprint density at radius 1 is 1.35 bits per heavy atom. The summed E-state index contributed by atoms with van der Waals surface area (Å²) in [6.45, 7) is 2.83. The quantitative estimate of drug-likeness (QED) is 0.771.